The van der Waals surface area contributed by atoms with Gasteiger partial charge in [0.05, 0.1) is 5.92 Å². The summed E-state index contributed by atoms with van der Waals surface area (Å²) in [4.78, 5) is 11.6. The number of nitrogen functional groups attached to an aromatic ring is 1. The Morgan fingerprint density at radius 3 is 2.61 bits per heavy atom. The minimum Gasteiger partial charge on any atom is -0.481 e. The van der Waals surface area contributed by atoms with Gasteiger partial charge in [0.1, 0.15) is 0 Å². The number of carboxylic acid groups (broad SMARTS) is 1. The first kappa shape index (κ1) is 12.9. The fourth-order valence-electron chi connectivity index (χ4n) is 3.02. The van der Waals surface area contributed by atoms with Crippen LogP contribution in [0.4, 0.5) is 5.69 Å². The van der Waals surface area contributed by atoms with E-state index >= 15 is 0 Å². The molecular formula is C15H21NO2. The predicted octanol–water partition coefficient (Wildman–Crippen LogP) is 3.33. The van der Waals surface area contributed by atoms with Crippen LogP contribution in [0.25, 0.3) is 0 Å². The zero-order valence-electron chi connectivity index (χ0n) is 10.9. The van der Waals surface area contributed by atoms with Crippen LogP contribution in [0.3, 0.4) is 0 Å². The summed E-state index contributed by atoms with van der Waals surface area (Å²) < 4.78 is 0. The second kappa shape index (κ2) is 5.42. The lowest BCUT2D eigenvalue weighted by Crippen LogP contribution is -2.24. The highest BCUT2D eigenvalue weighted by Gasteiger charge is 2.32. The monoisotopic (exact) mass is 247 g/mol. The zero-order chi connectivity index (χ0) is 13.1. The molecule has 0 saturated heterocycles. The highest BCUT2D eigenvalue weighted by atomic mass is 16.4. The Hall–Kier alpha value is -1.51. The molecule has 1 atom stereocenters. The number of aryl methyl sites for hydroxylation is 1. The number of benzene rings is 1. The van der Waals surface area contributed by atoms with Crippen molar-refractivity contribution in [2.75, 3.05) is 5.73 Å². The summed E-state index contributed by atoms with van der Waals surface area (Å²) in [6.07, 6.45) is 5.52. The van der Waals surface area contributed by atoms with E-state index in [-0.39, 0.29) is 5.92 Å². The number of nitrogens with two attached hydrogens (primary N) is 1. The van der Waals surface area contributed by atoms with E-state index in [1.54, 1.807) is 0 Å². The van der Waals surface area contributed by atoms with Crippen LogP contribution in [0.1, 0.15) is 49.1 Å². The second-order valence-electron chi connectivity index (χ2n) is 5.35. The number of carboxylic acids is 1. The van der Waals surface area contributed by atoms with Gasteiger partial charge in [0, 0.05) is 5.69 Å². The molecule has 1 fully saturated rings. The molecule has 18 heavy (non-hydrogen) atoms. The molecule has 1 saturated carbocycles. The molecule has 0 bridgehead atoms. The molecule has 0 spiro atoms. The highest BCUT2D eigenvalue weighted by molar-refractivity contribution is 5.79. The van der Waals surface area contributed by atoms with Crippen LogP contribution >= 0.6 is 0 Å². The lowest BCUT2D eigenvalue weighted by Gasteiger charge is -2.28. The summed E-state index contributed by atoms with van der Waals surface area (Å²) in [7, 11) is 0. The van der Waals surface area contributed by atoms with E-state index in [9.17, 15) is 9.90 Å². The first-order chi connectivity index (χ1) is 8.59. The summed E-state index contributed by atoms with van der Waals surface area (Å²) in [6, 6.07) is 5.69. The molecule has 0 aromatic heterocycles. The fraction of sp³-hybridized carbons (Fsp3) is 0.533. The first-order valence-corrected chi connectivity index (χ1v) is 6.68. The molecule has 2 rings (SSSR count). The van der Waals surface area contributed by atoms with Crippen LogP contribution in [-0.2, 0) is 4.79 Å². The van der Waals surface area contributed by atoms with Crippen LogP contribution in [0.15, 0.2) is 18.2 Å². The topological polar surface area (TPSA) is 63.3 Å². The Labute approximate surface area is 108 Å². The van der Waals surface area contributed by atoms with Gasteiger partial charge >= 0.3 is 5.97 Å². The Kier molecular flexibility index (Phi) is 3.90. The van der Waals surface area contributed by atoms with Gasteiger partial charge in [-0.05, 0) is 37.3 Å². The maximum atomic E-state index is 11.6. The third kappa shape index (κ3) is 2.66. The standard InChI is InChI=1S/C15H21NO2/c1-10-7-8-13(16)12(9-10)14(15(17)18)11-5-3-2-4-6-11/h7-9,11,14H,2-6,16H2,1H3,(H,17,18). The van der Waals surface area contributed by atoms with Crippen LogP contribution < -0.4 is 5.73 Å². The third-order valence-electron chi connectivity index (χ3n) is 3.96. The molecule has 1 unspecified atom stereocenters. The summed E-state index contributed by atoms with van der Waals surface area (Å²) in [5.74, 6) is -0.940. The average molecular weight is 247 g/mol. The number of aliphatic carboxylic acids is 1. The van der Waals surface area contributed by atoms with Crippen LogP contribution in [0, 0.1) is 12.8 Å². The maximum Gasteiger partial charge on any atom is 0.311 e. The van der Waals surface area contributed by atoms with Gasteiger partial charge < -0.3 is 10.8 Å². The van der Waals surface area contributed by atoms with Gasteiger partial charge in [-0.1, -0.05) is 37.0 Å². The van der Waals surface area contributed by atoms with Gasteiger partial charge in [-0.25, -0.2) is 0 Å². The molecule has 1 aromatic carbocycles. The Balaban J connectivity index is 2.34. The van der Waals surface area contributed by atoms with Gasteiger partial charge in [-0.2, -0.15) is 0 Å². The number of carbonyl (C=O) groups is 1. The molecule has 0 aliphatic heterocycles. The summed E-state index contributed by atoms with van der Waals surface area (Å²) in [6.45, 7) is 1.97. The van der Waals surface area contributed by atoms with Crippen molar-refractivity contribution >= 4 is 11.7 Å². The summed E-state index contributed by atoms with van der Waals surface area (Å²) in [5.41, 5.74) is 8.45. The largest absolute Gasteiger partial charge is 0.481 e. The lowest BCUT2D eigenvalue weighted by molar-refractivity contribution is -0.140. The normalized spacial score (nSPS) is 18.5. The molecule has 1 aliphatic carbocycles. The molecule has 3 nitrogen and oxygen atoms in total. The molecule has 1 aromatic rings. The van der Waals surface area contributed by atoms with Crippen molar-refractivity contribution in [3.63, 3.8) is 0 Å². The number of anilines is 1. The van der Waals surface area contributed by atoms with Crippen molar-refractivity contribution < 1.29 is 9.90 Å². The zero-order valence-corrected chi connectivity index (χ0v) is 10.9. The lowest BCUT2D eigenvalue weighted by atomic mass is 9.76. The molecule has 3 heteroatoms. The molecular weight excluding hydrogens is 226 g/mol. The average Bonchev–Trinajstić information content (AvgIpc) is 2.35. The van der Waals surface area contributed by atoms with Crippen LogP contribution in [0.2, 0.25) is 0 Å². The van der Waals surface area contributed by atoms with Crippen molar-refractivity contribution in [3.05, 3.63) is 29.3 Å². The van der Waals surface area contributed by atoms with E-state index in [0.29, 0.717) is 5.69 Å². The van der Waals surface area contributed by atoms with E-state index in [1.165, 1.54) is 6.42 Å². The van der Waals surface area contributed by atoms with E-state index < -0.39 is 11.9 Å². The van der Waals surface area contributed by atoms with E-state index in [4.69, 9.17) is 5.73 Å². The minimum absolute atomic E-state index is 0.236. The molecule has 1 aliphatic rings. The first-order valence-electron chi connectivity index (χ1n) is 6.68. The third-order valence-corrected chi connectivity index (χ3v) is 3.96. The minimum atomic E-state index is -0.737. The smallest absolute Gasteiger partial charge is 0.311 e. The SMILES string of the molecule is Cc1ccc(N)c(C(C(=O)O)C2CCCCC2)c1. The van der Waals surface area contributed by atoms with Gasteiger partial charge in [0.25, 0.3) is 0 Å². The fourth-order valence-corrected chi connectivity index (χ4v) is 3.02. The number of hydrogen-bond donors (Lipinski definition) is 2. The van der Waals surface area contributed by atoms with Gasteiger partial charge in [-0.15, -0.1) is 0 Å². The van der Waals surface area contributed by atoms with E-state index in [2.05, 4.69) is 0 Å². The number of rotatable bonds is 3. The molecule has 0 radical (unpaired) electrons. The quantitative estimate of drug-likeness (QED) is 0.805. The summed E-state index contributed by atoms with van der Waals surface area (Å²) >= 11 is 0. The number of hydrogen-bond acceptors (Lipinski definition) is 2. The van der Waals surface area contributed by atoms with Crippen molar-refractivity contribution in [2.24, 2.45) is 5.92 Å². The van der Waals surface area contributed by atoms with E-state index in [1.807, 2.05) is 25.1 Å². The summed E-state index contributed by atoms with van der Waals surface area (Å²) in [5, 5.41) is 9.54. The maximum absolute atomic E-state index is 11.6. The van der Waals surface area contributed by atoms with Crippen LogP contribution in [-0.4, -0.2) is 11.1 Å². The molecule has 0 amide bonds. The van der Waals surface area contributed by atoms with E-state index in [0.717, 1.165) is 36.8 Å². The van der Waals surface area contributed by atoms with Crippen LogP contribution in [0.5, 0.6) is 0 Å². The Bertz CT molecular complexity index is 436. The van der Waals surface area contributed by atoms with Crippen molar-refractivity contribution in [1.82, 2.24) is 0 Å². The second-order valence-corrected chi connectivity index (χ2v) is 5.35. The van der Waals surface area contributed by atoms with Gasteiger partial charge in [-0.3, -0.25) is 4.79 Å². The predicted molar refractivity (Wildman–Crippen MR) is 72.5 cm³/mol. The Morgan fingerprint density at radius 2 is 2.00 bits per heavy atom. The van der Waals surface area contributed by atoms with Gasteiger partial charge in [0.2, 0.25) is 0 Å². The Morgan fingerprint density at radius 1 is 1.33 bits per heavy atom. The van der Waals surface area contributed by atoms with Crippen molar-refractivity contribution in [1.29, 1.82) is 0 Å². The molecule has 98 valence electrons. The molecule has 0 heterocycles. The van der Waals surface area contributed by atoms with Crippen molar-refractivity contribution in [3.8, 4) is 0 Å². The van der Waals surface area contributed by atoms with Gasteiger partial charge in [0.15, 0.2) is 0 Å². The molecule has 3 N–H and O–H groups in total. The highest BCUT2D eigenvalue weighted by Crippen LogP contribution is 2.38. The van der Waals surface area contributed by atoms with Crippen molar-refractivity contribution in [2.45, 2.75) is 44.9 Å².